The van der Waals surface area contributed by atoms with Crippen molar-refractivity contribution in [2.45, 2.75) is 19.0 Å². The molecule has 1 aliphatic heterocycles. The topological polar surface area (TPSA) is 71.1 Å². The van der Waals surface area contributed by atoms with Crippen LogP contribution in [-0.4, -0.2) is 68.4 Å². The van der Waals surface area contributed by atoms with Gasteiger partial charge in [0.15, 0.2) is 17.3 Å². The number of hydrogen-bond donors (Lipinski definition) is 1. The van der Waals surface area contributed by atoms with Crippen LogP contribution in [0.25, 0.3) is 0 Å². The summed E-state index contributed by atoms with van der Waals surface area (Å²) in [5, 5.41) is 3.04. The van der Waals surface area contributed by atoms with Crippen molar-refractivity contribution in [1.29, 1.82) is 0 Å². The van der Waals surface area contributed by atoms with Gasteiger partial charge in [0.1, 0.15) is 0 Å². The van der Waals surface area contributed by atoms with Crippen LogP contribution in [0, 0.1) is 0 Å². The highest BCUT2D eigenvalue weighted by molar-refractivity contribution is 9.10. The van der Waals surface area contributed by atoms with Crippen molar-refractivity contribution in [2.75, 3.05) is 46.9 Å². The lowest BCUT2D eigenvalue weighted by atomic mass is 10.1. The first-order valence-electron chi connectivity index (χ1n) is 10.7. The van der Waals surface area contributed by atoms with Crippen LogP contribution in [0.1, 0.15) is 33.9 Å². The molecular weight excluding hydrogens is 510 g/mol. The predicted octanol–water partition coefficient (Wildman–Crippen LogP) is 3.45. The maximum Gasteiger partial charge on any atom is 0.234 e. The number of carbonyl (C=O) groups excluding carboxylic acids is 2. The average molecular weight is 539 g/mol. The highest BCUT2D eigenvalue weighted by Gasteiger charge is 2.32. The van der Waals surface area contributed by atoms with Crippen molar-refractivity contribution in [2.24, 2.45) is 0 Å². The van der Waals surface area contributed by atoms with Crippen molar-refractivity contribution < 1.29 is 19.1 Å². The van der Waals surface area contributed by atoms with Gasteiger partial charge in [-0.2, -0.15) is 0 Å². The molecule has 0 bridgehead atoms. The summed E-state index contributed by atoms with van der Waals surface area (Å²) in [4.78, 5) is 29.8. The summed E-state index contributed by atoms with van der Waals surface area (Å²) in [6.07, 6.45) is 0.262. The molecule has 2 aliphatic rings. The minimum absolute atomic E-state index is 0. The van der Waals surface area contributed by atoms with Crippen molar-refractivity contribution in [3.8, 4) is 11.5 Å². The Morgan fingerprint density at radius 1 is 1.03 bits per heavy atom. The fraction of sp³-hybridized carbons (Fsp3) is 0.417. The third-order valence-electron chi connectivity index (χ3n) is 6.11. The van der Waals surface area contributed by atoms with Crippen LogP contribution in [0.2, 0.25) is 0 Å². The third-order valence-corrected chi connectivity index (χ3v) is 6.64. The molecule has 0 spiro atoms. The van der Waals surface area contributed by atoms with E-state index >= 15 is 0 Å². The van der Waals surface area contributed by atoms with Gasteiger partial charge in [-0.15, -0.1) is 12.4 Å². The molecule has 1 aliphatic carbocycles. The minimum atomic E-state index is -0.330. The molecular formula is C24H29BrClN3O4. The molecule has 0 aromatic heterocycles. The van der Waals surface area contributed by atoms with Crippen molar-refractivity contribution in [3.05, 3.63) is 57.6 Å². The molecule has 1 N–H and O–H groups in total. The zero-order valence-electron chi connectivity index (χ0n) is 18.8. The molecule has 2 aromatic rings. The number of nitrogens with zero attached hydrogens (tertiary/aromatic N) is 2. The Morgan fingerprint density at radius 2 is 1.64 bits per heavy atom. The van der Waals surface area contributed by atoms with Gasteiger partial charge >= 0.3 is 0 Å². The summed E-state index contributed by atoms with van der Waals surface area (Å²) in [7, 11) is 3.10. The number of rotatable bonds is 7. The summed E-state index contributed by atoms with van der Waals surface area (Å²) >= 11 is 3.47. The molecule has 1 fully saturated rings. The van der Waals surface area contributed by atoms with E-state index in [2.05, 4.69) is 55.3 Å². The maximum absolute atomic E-state index is 12.7. The summed E-state index contributed by atoms with van der Waals surface area (Å²) in [6.45, 7) is 4.78. The van der Waals surface area contributed by atoms with E-state index in [1.165, 1.54) is 5.56 Å². The molecule has 1 heterocycles. The van der Waals surface area contributed by atoms with Crippen LogP contribution in [0.15, 0.2) is 40.9 Å². The highest BCUT2D eigenvalue weighted by Crippen LogP contribution is 2.39. The predicted molar refractivity (Wildman–Crippen MR) is 132 cm³/mol. The van der Waals surface area contributed by atoms with Crippen LogP contribution in [0.3, 0.4) is 0 Å². The lowest BCUT2D eigenvalue weighted by Crippen LogP contribution is -2.49. The van der Waals surface area contributed by atoms with Crippen molar-refractivity contribution in [3.63, 3.8) is 0 Å². The lowest BCUT2D eigenvalue weighted by Gasteiger charge is -2.34. The Hall–Kier alpha value is -2.13. The summed E-state index contributed by atoms with van der Waals surface area (Å²) in [6, 6.07) is 11.6. The molecule has 4 rings (SSSR count). The van der Waals surface area contributed by atoms with Gasteiger partial charge in [-0.3, -0.25) is 19.4 Å². The fourth-order valence-corrected chi connectivity index (χ4v) is 4.62. The van der Waals surface area contributed by atoms with Gasteiger partial charge in [0.2, 0.25) is 5.91 Å². The molecule has 0 saturated carbocycles. The van der Waals surface area contributed by atoms with Gasteiger partial charge in [0.25, 0.3) is 0 Å². The second-order valence-corrected chi connectivity index (χ2v) is 9.14. The molecule has 1 saturated heterocycles. The third kappa shape index (κ3) is 6.06. The van der Waals surface area contributed by atoms with Crippen molar-refractivity contribution in [1.82, 2.24) is 15.1 Å². The lowest BCUT2D eigenvalue weighted by molar-refractivity contribution is -0.123. The van der Waals surface area contributed by atoms with Crippen LogP contribution in [0.4, 0.5) is 0 Å². The van der Waals surface area contributed by atoms with E-state index in [0.717, 1.165) is 42.8 Å². The van der Waals surface area contributed by atoms with E-state index < -0.39 is 0 Å². The molecule has 9 heteroatoms. The molecule has 0 radical (unpaired) electrons. The first kappa shape index (κ1) is 25.5. The molecule has 1 atom stereocenters. The molecule has 178 valence electrons. The molecule has 7 nitrogen and oxygen atoms in total. The largest absolute Gasteiger partial charge is 0.493 e. The standard InChI is InChI=1S/C24H28BrN3O4.ClH/c1-31-22-11-18-19(12-23(22)32-2)21(29)13-20(18)26-24(30)15-28-9-7-27(8-10-28)14-16-3-5-17(25)6-4-16;/h3-6,11-12,20H,7-10,13-15H2,1-2H3,(H,26,30);1H. The molecule has 2 aromatic carbocycles. The Bertz CT molecular complexity index is 994. The van der Waals surface area contributed by atoms with Gasteiger partial charge in [-0.05, 0) is 35.4 Å². The smallest absolute Gasteiger partial charge is 0.234 e. The number of ketones is 1. The SMILES string of the molecule is COc1cc2c(cc1OC)C(NC(=O)CN1CCN(Cc3ccc(Br)cc3)CC1)CC2=O.Cl. The zero-order valence-corrected chi connectivity index (χ0v) is 21.2. The Balaban J connectivity index is 0.00000306. The van der Waals surface area contributed by atoms with Crippen LogP contribution < -0.4 is 14.8 Å². The normalized spacial score (nSPS) is 18.4. The average Bonchev–Trinajstić information content (AvgIpc) is 3.09. The van der Waals surface area contributed by atoms with E-state index in [1.807, 2.05) is 0 Å². The monoisotopic (exact) mass is 537 g/mol. The quantitative estimate of drug-likeness (QED) is 0.582. The number of halogens is 2. The van der Waals surface area contributed by atoms with Crippen LogP contribution >= 0.6 is 28.3 Å². The van der Waals surface area contributed by atoms with E-state index in [0.29, 0.717) is 23.6 Å². The van der Waals surface area contributed by atoms with E-state index in [1.54, 1.807) is 26.4 Å². The van der Waals surface area contributed by atoms with Gasteiger partial charge < -0.3 is 14.8 Å². The van der Waals surface area contributed by atoms with Crippen LogP contribution in [0.5, 0.6) is 11.5 Å². The number of piperazine rings is 1. The Labute approximate surface area is 208 Å². The van der Waals surface area contributed by atoms with E-state index in [-0.39, 0.29) is 36.6 Å². The number of ether oxygens (including phenoxy) is 2. The van der Waals surface area contributed by atoms with E-state index in [4.69, 9.17) is 9.47 Å². The number of nitrogens with one attached hydrogen (secondary N) is 1. The van der Waals surface area contributed by atoms with Gasteiger partial charge in [0.05, 0.1) is 26.8 Å². The van der Waals surface area contributed by atoms with Crippen molar-refractivity contribution >= 4 is 40.0 Å². The first-order valence-corrected chi connectivity index (χ1v) is 11.5. The first-order chi connectivity index (χ1) is 15.5. The number of carbonyl (C=O) groups is 2. The second-order valence-electron chi connectivity index (χ2n) is 8.22. The molecule has 33 heavy (non-hydrogen) atoms. The number of amides is 1. The summed E-state index contributed by atoms with van der Waals surface area (Å²) < 4.78 is 11.8. The summed E-state index contributed by atoms with van der Waals surface area (Å²) in [5.74, 6) is 1.02. The van der Waals surface area contributed by atoms with Gasteiger partial charge in [0, 0.05) is 49.2 Å². The number of hydrogen-bond acceptors (Lipinski definition) is 6. The zero-order chi connectivity index (χ0) is 22.7. The minimum Gasteiger partial charge on any atom is -0.493 e. The molecule has 1 unspecified atom stereocenters. The van der Waals surface area contributed by atoms with Gasteiger partial charge in [-0.1, -0.05) is 28.1 Å². The highest BCUT2D eigenvalue weighted by atomic mass is 79.9. The molecule has 1 amide bonds. The number of fused-ring (bicyclic) bond motifs is 1. The number of benzene rings is 2. The maximum atomic E-state index is 12.7. The van der Waals surface area contributed by atoms with Crippen LogP contribution in [-0.2, 0) is 11.3 Å². The summed E-state index contributed by atoms with van der Waals surface area (Å²) in [5.41, 5.74) is 2.67. The number of Topliss-reactive ketones (excluding diaryl/α,β-unsaturated/α-hetero) is 1. The van der Waals surface area contributed by atoms with E-state index in [9.17, 15) is 9.59 Å². The second kappa shape index (κ2) is 11.3. The Kier molecular flexibility index (Phi) is 8.75. The number of methoxy groups -OCH3 is 2. The van der Waals surface area contributed by atoms with Gasteiger partial charge in [-0.25, -0.2) is 0 Å². The Morgan fingerprint density at radius 3 is 2.27 bits per heavy atom. The fourth-order valence-electron chi connectivity index (χ4n) is 4.36.